The van der Waals surface area contributed by atoms with Gasteiger partial charge >= 0.3 is 0 Å². The number of pyridine rings is 1. The van der Waals surface area contributed by atoms with Crippen LogP contribution in [-0.4, -0.2) is 34.2 Å². The van der Waals surface area contributed by atoms with Gasteiger partial charge in [-0.1, -0.05) is 26.8 Å². The van der Waals surface area contributed by atoms with E-state index in [4.69, 9.17) is 0 Å². The lowest BCUT2D eigenvalue weighted by molar-refractivity contribution is 0.174. The Bertz CT molecular complexity index is 367. The summed E-state index contributed by atoms with van der Waals surface area (Å²) >= 11 is 0. The number of β-amino-alcohol motifs (C(OH)–C–C–N with tert-alkyl or cyclic N) is 1. The molecule has 1 aromatic rings. The zero-order valence-corrected chi connectivity index (χ0v) is 11.0. The molecule has 1 atom stereocenters. The van der Waals surface area contributed by atoms with Gasteiger partial charge in [-0.25, -0.2) is 0 Å². The average Bonchev–Trinajstić information content (AvgIpc) is 2.63. The van der Waals surface area contributed by atoms with Crippen LogP contribution >= 0.6 is 0 Å². The minimum atomic E-state index is -0.142. The molecule has 0 unspecified atom stereocenters. The summed E-state index contributed by atoms with van der Waals surface area (Å²) in [6.07, 6.45) is 2.72. The molecule has 1 aromatic heterocycles. The predicted molar refractivity (Wildman–Crippen MR) is 68.8 cm³/mol. The molecule has 1 fully saturated rings. The predicted octanol–water partition coefficient (Wildman–Crippen LogP) is 1.95. The van der Waals surface area contributed by atoms with E-state index in [2.05, 4.69) is 42.8 Å². The van der Waals surface area contributed by atoms with Gasteiger partial charge in [0.2, 0.25) is 0 Å². The molecule has 0 saturated carbocycles. The van der Waals surface area contributed by atoms with E-state index < -0.39 is 0 Å². The van der Waals surface area contributed by atoms with Crippen LogP contribution in [0.3, 0.4) is 0 Å². The first kappa shape index (κ1) is 12.5. The van der Waals surface area contributed by atoms with Crippen molar-refractivity contribution in [3.63, 3.8) is 0 Å². The Labute approximate surface area is 103 Å². The molecule has 2 rings (SSSR count). The summed E-state index contributed by atoms with van der Waals surface area (Å²) in [5.41, 5.74) is 2.47. The molecular weight excluding hydrogens is 212 g/mol. The Morgan fingerprint density at radius 2 is 2.18 bits per heavy atom. The van der Waals surface area contributed by atoms with Crippen molar-refractivity contribution in [1.29, 1.82) is 0 Å². The van der Waals surface area contributed by atoms with E-state index in [9.17, 15) is 5.11 Å². The molecule has 94 valence electrons. The zero-order valence-electron chi connectivity index (χ0n) is 11.0. The van der Waals surface area contributed by atoms with Crippen LogP contribution in [0.2, 0.25) is 0 Å². The van der Waals surface area contributed by atoms with Gasteiger partial charge in [0, 0.05) is 36.9 Å². The summed E-state index contributed by atoms with van der Waals surface area (Å²) in [7, 11) is 0. The first-order chi connectivity index (χ1) is 7.95. The molecule has 0 aromatic carbocycles. The first-order valence-corrected chi connectivity index (χ1v) is 6.31. The second-order valence-corrected chi connectivity index (χ2v) is 5.98. The molecule has 1 N–H and O–H groups in total. The molecule has 3 heteroatoms. The van der Waals surface area contributed by atoms with Gasteiger partial charge in [-0.05, 0) is 18.1 Å². The van der Waals surface area contributed by atoms with E-state index in [-0.39, 0.29) is 11.5 Å². The van der Waals surface area contributed by atoms with Gasteiger partial charge in [-0.3, -0.25) is 9.88 Å². The van der Waals surface area contributed by atoms with Gasteiger partial charge in [0.1, 0.15) is 0 Å². The van der Waals surface area contributed by atoms with Crippen LogP contribution in [-0.2, 0) is 12.0 Å². The van der Waals surface area contributed by atoms with Crippen LogP contribution in [0.1, 0.15) is 38.4 Å². The summed E-state index contributed by atoms with van der Waals surface area (Å²) in [6.45, 7) is 9.20. The molecule has 0 spiro atoms. The minimum Gasteiger partial charge on any atom is -0.392 e. The van der Waals surface area contributed by atoms with Gasteiger partial charge in [-0.2, -0.15) is 0 Å². The van der Waals surface area contributed by atoms with Crippen LogP contribution in [0.4, 0.5) is 0 Å². The van der Waals surface area contributed by atoms with Crippen molar-refractivity contribution in [2.75, 3.05) is 13.1 Å². The third kappa shape index (κ3) is 3.27. The van der Waals surface area contributed by atoms with Crippen LogP contribution < -0.4 is 0 Å². The molecule has 1 saturated heterocycles. The van der Waals surface area contributed by atoms with Crippen LogP contribution in [0.15, 0.2) is 18.3 Å². The quantitative estimate of drug-likeness (QED) is 0.849. The second-order valence-electron chi connectivity index (χ2n) is 5.98. The Hall–Kier alpha value is -0.930. The van der Waals surface area contributed by atoms with Gasteiger partial charge in [0.25, 0.3) is 0 Å². The summed E-state index contributed by atoms with van der Waals surface area (Å²) in [5, 5.41) is 9.47. The Morgan fingerprint density at radius 3 is 2.65 bits per heavy atom. The van der Waals surface area contributed by atoms with E-state index in [0.29, 0.717) is 0 Å². The number of rotatable bonds is 2. The number of aliphatic hydroxyl groups excluding tert-OH is 1. The van der Waals surface area contributed by atoms with Crippen molar-refractivity contribution in [3.8, 4) is 0 Å². The molecule has 0 aliphatic carbocycles. The third-order valence-electron chi connectivity index (χ3n) is 3.25. The number of nitrogens with zero attached hydrogens (tertiary/aromatic N) is 2. The highest BCUT2D eigenvalue weighted by Crippen LogP contribution is 2.20. The molecule has 1 aliphatic heterocycles. The van der Waals surface area contributed by atoms with Gasteiger partial charge in [0.05, 0.1) is 6.10 Å². The summed E-state index contributed by atoms with van der Waals surface area (Å²) < 4.78 is 0. The van der Waals surface area contributed by atoms with Crippen molar-refractivity contribution in [1.82, 2.24) is 9.88 Å². The molecule has 1 aliphatic rings. The maximum absolute atomic E-state index is 9.47. The highest BCUT2D eigenvalue weighted by molar-refractivity contribution is 5.19. The molecule has 2 heterocycles. The molecule has 0 amide bonds. The standard InChI is InChI=1S/C14H22N2O/c1-14(2,3)13-5-4-11(8-15-13)9-16-7-6-12(17)10-16/h4-5,8,12,17H,6-7,9-10H2,1-3H3/t12-/m1/s1. The van der Waals surface area contributed by atoms with Gasteiger partial charge in [0.15, 0.2) is 0 Å². The Balaban J connectivity index is 1.99. The third-order valence-corrected chi connectivity index (χ3v) is 3.25. The van der Waals surface area contributed by atoms with E-state index in [1.54, 1.807) is 0 Å². The number of hydrogen-bond acceptors (Lipinski definition) is 3. The molecule has 0 bridgehead atoms. The lowest BCUT2D eigenvalue weighted by Gasteiger charge is -2.19. The Morgan fingerprint density at radius 1 is 1.41 bits per heavy atom. The number of aliphatic hydroxyl groups is 1. The van der Waals surface area contributed by atoms with Crippen molar-refractivity contribution in [3.05, 3.63) is 29.6 Å². The normalized spacial score (nSPS) is 22.0. The zero-order chi connectivity index (χ0) is 12.5. The summed E-state index contributed by atoms with van der Waals surface area (Å²) in [6, 6.07) is 4.26. The van der Waals surface area contributed by atoms with Crippen LogP contribution in [0.5, 0.6) is 0 Å². The topological polar surface area (TPSA) is 36.4 Å². The molecular formula is C14H22N2O. The highest BCUT2D eigenvalue weighted by atomic mass is 16.3. The SMILES string of the molecule is CC(C)(C)c1ccc(CN2CC[C@@H](O)C2)cn1. The smallest absolute Gasteiger partial charge is 0.0679 e. The fourth-order valence-corrected chi connectivity index (χ4v) is 2.18. The van der Waals surface area contributed by atoms with Crippen molar-refractivity contribution < 1.29 is 5.11 Å². The monoisotopic (exact) mass is 234 g/mol. The summed E-state index contributed by atoms with van der Waals surface area (Å²) in [5.74, 6) is 0. The average molecular weight is 234 g/mol. The molecule has 17 heavy (non-hydrogen) atoms. The lowest BCUT2D eigenvalue weighted by atomic mass is 9.91. The Kier molecular flexibility index (Phi) is 3.50. The van der Waals surface area contributed by atoms with E-state index >= 15 is 0 Å². The maximum Gasteiger partial charge on any atom is 0.0679 e. The fourth-order valence-electron chi connectivity index (χ4n) is 2.18. The molecule has 0 radical (unpaired) electrons. The van der Waals surface area contributed by atoms with E-state index in [0.717, 1.165) is 31.7 Å². The van der Waals surface area contributed by atoms with E-state index in [1.165, 1.54) is 5.56 Å². The van der Waals surface area contributed by atoms with E-state index in [1.807, 2.05) is 6.20 Å². The van der Waals surface area contributed by atoms with Crippen LogP contribution in [0.25, 0.3) is 0 Å². The maximum atomic E-state index is 9.47. The lowest BCUT2D eigenvalue weighted by Crippen LogP contribution is -2.22. The first-order valence-electron chi connectivity index (χ1n) is 6.31. The van der Waals surface area contributed by atoms with Gasteiger partial charge in [-0.15, -0.1) is 0 Å². The minimum absolute atomic E-state index is 0.113. The van der Waals surface area contributed by atoms with Crippen molar-refractivity contribution in [2.24, 2.45) is 0 Å². The second kappa shape index (κ2) is 4.75. The van der Waals surface area contributed by atoms with Crippen molar-refractivity contribution in [2.45, 2.75) is 45.3 Å². The molecule has 3 nitrogen and oxygen atoms in total. The van der Waals surface area contributed by atoms with Gasteiger partial charge < -0.3 is 5.11 Å². The number of aromatic nitrogens is 1. The number of hydrogen-bond donors (Lipinski definition) is 1. The fraction of sp³-hybridized carbons (Fsp3) is 0.643. The van der Waals surface area contributed by atoms with Crippen molar-refractivity contribution >= 4 is 0 Å². The number of likely N-dealkylation sites (tertiary alicyclic amines) is 1. The highest BCUT2D eigenvalue weighted by Gasteiger charge is 2.20. The summed E-state index contributed by atoms with van der Waals surface area (Å²) in [4.78, 5) is 6.80. The van der Waals surface area contributed by atoms with Crippen LogP contribution in [0, 0.1) is 0 Å². The largest absolute Gasteiger partial charge is 0.392 e.